The van der Waals surface area contributed by atoms with E-state index in [4.69, 9.17) is 9.15 Å². The zero-order chi connectivity index (χ0) is 13.0. The number of ether oxygens (including phenoxy) is 1. The van der Waals surface area contributed by atoms with Gasteiger partial charge in [0.1, 0.15) is 17.3 Å². The molecule has 0 unspecified atom stereocenters. The van der Waals surface area contributed by atoms with Crippen LogP contribution in [0.2, 0.25) is 0 Å². The molecule has 1 heterocycles. The Morgan fingerprint density at radius 3 is 2.61 bits per heavy atom. The van der Waals surface area contributed by atoms with E-state index in [2.05, 4.69) is 12.2 Å². The molecule has 3 nitrogen and oxygen atoms in total. The van der Waals surface area contributed by atoms with Crippen molar-refractivity contribution in [3.63, 3.8) is 0 Å². The molecular weight excluding hydrogens is 226 g/mol. The smallest absolute Gasteiger partial charge is 0.123 e. The Labute approximate surface area is 108 Å². The second-order valence-corrected chi connectivity index (χ2v) is 4.28. The van der Waals surface area contributed by atoms with E-state index in [0.29, 0.717) is 13.2 Å². The van der Waals surface area contributed by atoms with Crippen LogP contribution < -0.4 is 10.1 Å². The highest BCUT2D eigenvalue weighted by Gasteiger charge is 2.02. The molecule has 0 aliphatic rings. The summed E-state index contributed by atoms with van der Waals surface area (Å²) in [6.07, 6.45) is 0. The van der Waals surface area contributed by atoms with E-state index >= 15 is 0 Å². The summed E-state index contributed by atoms with van der Waals surface area (Å²) in [6.45, 7) is 7.39. The minimum absolute atomic E-state index is 0.692. The van der Waals surface area contributed by atoms with Crippen molar-refractivity contribution in [1.82, 2.24) is 0 Å². The molecule has 0 atom stereocenters. The molecule has 0 radical (unpaired) electrons. The lowest BCUT2D eigenvalue weighted by Crippen LogP contribution is -2.00. The fourth-order valence-corrected chi connectivity index (χ4v) is 1.85. The fraction of sp³-hybridized carbons (Fsp3) is 0.333. The first kappa shape index (κ1) is 12.6. The van der Waals surface area contributed by atoms with Crippen LogP contribution in [0.5, 0.6) is 5.75 Å². The summed E-state index contributed by atoms with van der Waals surface area (Å²) in [5.41, 5.74) is 2.27. The number of hydrogen-bond donors (Lipinski definition) is 1. The van der Waals surface area contributed by atoms with Gasteiger partial charge in [0.05, 0.1) is 13.2 Å². The lowest BCUT2D eigenvalue weighted by atomic mass is 10.2. The highest BCUT2D eigenvalue weighted by atomic mass is 16.5. The van der Waals surface area contributed by atoms with Crippen molar-refractivity contribution in [2.75, 3.05) is 11.9 Å². The van der Waals surface area contributed by atoms with Gasteiger partial charge in [0.2, 0.25) is 0 Å². The fourth-order valence-electron chi connectivity index (χ4n) is 1.85. The second-order valence-electron chi connectivity index (χ2n) is 4.28. The predicted molar refractivity (Wildman–Crippen MR) is 73.1 cm³/mol. The molecule has 0 aliphatic heterocycles. The van der Waals surface area contributed by atoms with Crippen LogP contribution in [0.15, 0.2) is 34.7 Å². The normalized spacial score (nSPS) is 10.4. The van der Waals surface area contributed by atoms with Gasteiger partial charge in [0.25, 0.3) is 0 Å². The van der Waals surface area contributed by atoms with E-state index in [-0.39, 0.29) is 0 Å². The maximum Gasteiger partial charge on any atom is 0.123 e. The van der Waals surface area contributed by atoms with Crippen molar-refractivity contribution in [3.8, 4) is 5.75 Å². The number of furan rings is 1. The van der Waals surface area contributed by atoms with Crippen LogP contribution in [-0.4, -0.2) is 6.61 Å². The third-order valence-corrected chi connectivity index (χ3v) is 2.76. The molecule has 0 bridgehead atoms. The predicted octanol–water partition coefficient (Wildman–Crippen LogP) is 3.91. The van der Waals surface area contributed by atoms with Gasteiger partial charge < -0.3 is 14.5 Å². The van der Waals surface area contributed by atoms with E-state index in [0.717, 1.165) is 23.0 Å². The van der Waals surface area contributed by atoms with Crippen LogP contribution in [0.25, 0.3) is 0 Å². The maximum absolute atomic E-state index is 5.52. The molecule has 1 aromatic carbocycles. The van der Waals surface area contributed by atoms with Crippen molar-refractivity contribution < 1.29 is 9.15 Å². The van der Waals surface area contributed by atoms with E-state index in [9.17, 15) is 0 Å². The van der Waals surface area contributed by atoms with Crippen LogP contribution in [0.1, 0.15) is 24.0 Å². The van der Waals surface area contributed by atoms with Crippen LogP contribution in [0.4, 0.5) is 5.69 Å². The second kappa shape index (κ2) is 5.63. The summed E-state index contributed by atoms with van der Waals surface area (Å²) >= 11 is 0. The Hall–Kier alpha value is -1.90. The number of anilines is 1. The average molecular weight is 245 g/mol. The average Bonchev–Trinajstić information content (AvgIpc) is 2.74. The molecule has 18 heavy (non-hydrogen) atoms. The molecular formula is C15H19NO2. The molecule has 0 saturated heterocycles. The third kappa shape index (κ3) is 3.06. The SMILES string of the molecule is CCOc1ccc(NCc2ccc(C)o2)c(C)c1. The highest BCUT2D eigenvalue weighted by molar-refractivity contribution is 5.53. The summed E-state index contributed by atoms with van der Waals surface area (Å²) in [7, 11) is 0. The third-order valence-electron chi connectivity index (χ3n) is 2.76. The molecule has 96 valence electrons. The van der Waals surface area contributed by atoms with Gasteiger partial charge in [0, 0.05) is 5.69 Å². The van der Waals surface area contributed by atoms with Gasteiger partial charge >= 0.3 is 0 Å². The van der Waals surface area contributed by atoms with Gasteiger partial charge in [0.15, 0.2) is 0 Å². The summed E-state index contributed by atoms with van der Waals surface area (Å²) in [6, 6.07) is 10.0. The van der Waals surface area contributed by atoms with Gasteiger partial charge in [-0.1, -0.05) is 0 Å². The standard InChI is InChI=1S/C15H19NO2/c1-4-17-13-7-8-15(11(2)9-13)16-10-14-6-5-12(3)18-14/h5-9,16H,4,10H2,1-3H3. The van der Waals surface area contributed by atoms with Crippen LogP contribution >= 0.6 is 0 Å². The van der Waals surface area contributed by atoms with E-state index in [1.54, 1.807) is 0 Å². The van der Waals surface area contributed by atoms with Crippen LogP contribution in [0.3, 0.4) is 0 Å². The molecule has 0 saturated carbocycles. The maximum atomic E-state index is 5.52. The molecule has 2 aromatic rings. The number of rotatable bonds is 5. The highest BCUT2D eigenvalue weighted by Crippen LogP contribution is 2.22. The quantitative estimate of drug-likeness (QED) is 0.867. The minimum atomic E-state index is 0.692. The zero-order valence-electron chi connectivity index (χ0n) is 11.1. The zero-order valence-corrected chi connectivity index (χ0v) is 11.1. The summed E-state index contributed by atoms with van der Waals surface area (Å²) in [4.78, 5) is 0. The molecule has 3 heteroatoms. The van der Waals surface area contributed by atoms with Crippen LogP contribution in [0, 0.1) is 13.8 Å². The van der Waals surface area contributed by atoms with Crippen molar-refractivity contribution in [1.29, 1.82) is 0 Å². The Morgan fingerprint density at radius 1 is 1.17 bits per heavy atom. The lowest BCUT2D eigenvalue weighted by Gasteiger charge is -2.10. The molecule has 1 N–H and O–H groups in total. The van der Waals surface area contributed by atoms with Gasteiger partial charge in [-0.05, 0) is 56.7 Å². The van der Waals surface area contributed by atoms with Crippen molar-refractivity contribution in [2.24, 2.45) is 0 Å². The number of aryl methyl sites for hydroxylation is 2. The molecule has 1 aromatic heterocycles. The molecule has 2 rings (SSSR count). The summed E-state index contributed by atoms with van der Waals surface area (Å²) in [5.74, 6) is 2.80. The Bertz CT molecular complexity index is 517. The topological polar surface area (TPSA) is 34.4 Å². The largest absolute Gasteiger partial charge is 0.494 e. The number of nitrogens with one attached hydrogen (secondary N) is 1. The first-order chi connectivity index (χ1) is 8.69. The van der Waals surface area contributed by atoms with Gasteiger partial charge in [-0.3, -0.25) is 0 Å². The molecule has 0 aliphatic carbocycles. The van der Waals surface area contributed by atoms with Gasteiger partial charge in [-0.15, -0.1) is 0 Å². The first-order valence-electron chi connectivity index (χ1n) is 6.21. The lowest BCUT2D eigenvalue weighted by molar-refractivity contribution is 0.340. The van der Waals surface area contributed by atoms with E-state index in [1.807, 2.05) is 44.2 Å². The van der Waals surface area contributed by atoms with E-state index in [1.165, 1.54) is 5.56 Å². The summed E-state index contributed by atoms with van der Waals surface area (Å²) in [5, 5.41) is 3.36. The first-order valence-corrected chi connectivity index (χ1v) is 6.21. The Morgan fingerprint density at radius 2 is 2.00 bits per heavy atom. The van der Waals surface area contributed by atoms with Gasteiger partial charge in [-0.2, -0.15) is 0 Å². The molecule has 0 fully saturated rings. The summed E-state index contributed by atoms with van der Waals surface area (Å²) < 4.78 is 11.0. The number of benzene rings is 1. The molecule has 0 amide bonds. The van der Waals surface area contributed by atoms with E-state index < -0.39 is 0 Å². The number of hydrogen-bond acceptors (Lipinski definition) is 3. The van der Waals surface area contributed by atoms with Gasteiger partial charge in [-0.25, -0.2) is 0 Å². The minimum Gasteiger partial charge on any atom is -0.494 e. The van der Waals surface area contributed by atoms with Crippen LogP contribution in [-0.2, 0) is 6.54 Å². The monoisotopic (exact) mass is 245 g/mol. The van der Waals surface area contributed by atoms with Crippen molar-refractivity contribution in [3.05, 3.63) is 47.4 Å². The van der Waals surface area contributed by atoms with Crippen molar-refractivity contribution >= 4 is 5.69 Å². The Kier molecular flexibility index (Phi) is 3.92. The molecule has 0 spiro atoms. The van der Waals surface area contributed by atoms with Crippen molar-refractivity contribution in [2.45, 2.75) is 27.3 Å². The Balaban J connectivity index is 2.01.